The molecule has 0 aliphatic carbocycles. The van der Waals surface area contributed by atoms with Gasteiger partial charge in [-0.3, -0.25) is 9.59 Å². The fraction of sp³-hybridized carbons (Fsp3) is 0.733. The Morgan fingerprint density at radius 3 is 1.84 bits per heavy atom. The van der Waals surface area contributed by atoms with Gasteiger partial charge in [-0.2, -0.15) is 0 Å². The lowest BCUT2D eigenvalue weighted by molar-refractivity contribution is -0.137. The molecule has 0 radical (unpaired) electrons. The molecular weight excluding hydrogens is 242 g/mol. The monoisotopic (exact) mass is 269 g/mol. The van der Waals surface area contributed by atoms with Crippen LogP contribution in [0.15, 0.2) is 12.7 Å². The van der Waals surface area contributed by atoms with Crippen molar-refractivity contribution in [2.24, 2.45) is 0 Å². The average Bonchev–Trinajstić information content (AvgIpc) is 2.39. The number of rotatable bonds is 13. The molecule has 4 heteroatoms. The second-order valence-electron chi connectivity index (χ2n) is 4.82. The van der Waals surface area contributed by atoms with Gasteiger partial charge in [0.2, 0.25) is 5.91 Å². The molecule has 0 unspecified atom stereocenters. The predicted octanol–water partition coefficient (Wildman–Crippen LogP) is 3.27. The van der Waals surface area contributed by atoms with Crippen molar-refractivity contribution in [3.8, 4) is 0 Å². The van der Waals surface area contributed by atoms with Gasteiger partial charge in [0.1, 0.15) is 0 Å². The van der Waals surface area contributed by atoms with Gasteiger partial charge in [-0.15, -0.1) is 0 Å². The van der Waals surface area contributed by atoms with Crippen LogP contribution in [0.3, 0.4) is 0 Å². The van der Waals surface area contributed by atoms with Gasteiger partial charge in [-0.25, -0.2) is 0 Å². The van der Waals surface area contributed by atoms with Gasteiger partial charge in [-0.1, -0.05) is 51.5 Å². The first-order valence-electron chi connectivity index (χ1n) is 7.29. The largest absolute Gasteiger partial charge is 0.481 e. The minimum absolute atomic E-state index is 0.0960. The van der Waals surface area contributed by atoms with E-state index in [1.165, 1.54) is 31.8 Å². The normalized spacial score (nSPS) is 10.1. The molecule has 0 aromatic rings. The van der Waals surface area contributed by atoms with E-state index >= 15 is 0 Å². The fourth-order valence-electron chi connectivity index (χ4n) is 1.92. The van der Waals surface area contributed by atoms with Crippen LogP contribution in [0.2, 0.25) is 0 Å². The molecule has 19 heavy (non-hydrogen) atoms. The Bertz CT molecular complexity index is 264. The molecule has 0 aliphatic heterocycles. The minimum atomic E-state index is -0.691. The van der Waals surface area contributed by atoms with Crippen molar-refractivity contribution in [3.63, 3.8) is 0 Å². The topological polar surface area (TPSA) is 66.4 Å². The maximum atomic E-state index is 10.8. The van der Waals surface area contributed by atoms with E-state index in [0.29, 0.717) is 6.42 Å². The molecule has 0 saturated carbocycles. The van der Waals surface area contributed by atoms with Crippen molar-refractivity contribution >= 4 is 11.9 Å². The molecule has 110 valence electrons. The molecule has 0 rings (SSSR count). The molecule has 0 aromatic carbocycles. The van der Waals surface area contributed by atoms with Crippen LogP contribution < -0.4 is 5.32 Å². The van der Waals surface area contributed by atoms with E-state index in [0.717, 1.165) is 38.6 Å². The highest BCUT2D eigenvalue weighted by Gasteiger charge is 1.97. The molecule has 2 N–H and O–H groups in total. The Morgan fingerprint density at radius 1 is 0.895 bits per heavy atom. The lowest BCUT2D eigenvalue weighted by atomic mass is 10.1. The van der Waals surface area contributed by atoms with Crippen molar-refractivity contribution in [2.75, 3.05) is 6.54 Å². The van der Waals surface area contributed by atoms with Crippen LogP contribution >= 0.6 is 0 Å². The van der Waals surface area contributed by atoms with E-state index in [2.05, 4.69) is 11.9 Å². The summed E-state index contributed by atoms with van der Waals surface area (Å²) in [5.41, 5.74) is 0. The van der Waals surface area contributed by atoms with Gasteiger partial charge in [0.15, 0.2) is 0 Å². The number of hydrogen-bond donors (Lipinski definition) is 2. The average molecular weight is 269 g/mol. The van der Waals surface area contributed by atoms with E-state index < -0.39 is 5.97 Å². The highest BCUT2D eigenvalue weighted by atomic mass is 16.4. The minimum Gasteiger partial charge on any atom is -0.481 e. The van der Waals surface area contributed by atoms with Gasteiger partial charge < -0.3 is 10.4 Å². The molecule has 0 aromatic heterocycles. The summed E-state index contributed by atoms with van der Waals surface area (Å²) in [6.45, 7) is 4.13. The summed E-state index contributed by atoms with van der Waals surface area (Å²) < 4.78 is 0. The number of carbonyl (C=O) groups excluding carboxylic acids is 1. The zero-order chi connectivity index (χ0) is 14.3. The fourth-order valence-corrected chi connectivity index (χ4v) is 1.92. The lowest BCUT2D eigenvalue weighted by Crippen LogP contribution is -2.21. The molecule has 0 fully saturated rings. The van der Waals surface area contributed by atoms with Gasteiger partial charge >= 0.3 is 5.97 Å². The first kappa shape index (κ1) is 17.7. The zero-order valence-electron chi connectivity index (χ0n) is 11.8. The Labute approximate surface area is 116 Å². The van der Waals surface area contributed by atoms with E-state index in [1.807, 2.05) is 0 Å². The quantitative estimate of drug-likeness (QED) is 0.398. The molecule has 0 bridgehead atoms. The second kappa shape index (κ2) is 13.1. The molecule has 0 saturated heterocycles. The van der Waals surface area contributed by atoms with Gasteiger partial charge in [0.25, 0.3) is 0 Å². The second-order valence-corrected chi connectivity index (χ2v) is 4.82. The molecule has 0 heterocycles. The lowest BCUT2D eigenvalue weighted by Gasteiger charge is -2.03. The maximum absolute atomic E-state index is 10.8. The Balaban J connectivity index is 3.05. The van der Waals surface area contributed by atoms with Crippen molar-refractivity contribution in [1.82, 2.24) is 5.32 Å². The number of hydrogen-bond acceptors (Lipinski definition) is 2. The molecule has 1 amide bonds. The number of unbranched alkanes of at least 4 members (excludes halogenated alkanes) is 8. The summed E-state index contributed by atoms with van der Waals surface area (Å²) in [7, 11) is 0. The number of carbonyl (C=O) groups is 2. The highest BCUT2D eigenvalue weighted by Crippen LogP contribution is 2.10. The number of carboxylic acid groups (broad SMARTS) is 1. The smallest absolute Gasteiger partial charge is 0.303 e. The summed E-state index contributed by atoms with van der Waals surface area (Å²) in [5.74, 6) is -0.787. The van der Waals surface area contributed by atoms with Crippen LogP contribution in [-0.4, -0.2) is 23.5 Å². The molecule has 0 atom stereocenters. The van der Waals surface area contributed by atoms with Crippen LogP contribution in [0, 0.1) is 0 Å². The van der Waals surface area contributed by atoms with Crippen LogP contribution in [0.4, 0.5) is 0 Å². The van der Waals surface area contributed by atoms with Crippen LogP contribution in [-0.2, 0) is 9.59 Å². The van der Waals surface area contributed by atoms with Gasteiger partial charge in [-0.05, 0) is 18.9 Å². The standard InChI is InChI=1S/C15H27NO3/c1-2-14(17)16-13-11-9-7-5-3-4-6-8-10-12-15(18)19/h2H,1,3-13H2,(H,16,17)(H,18,19). The van der Waals surface area contributed by atoms with Crippen molar-refractivity contribution in [1.29, 1.82) is 0 Å². The van der Waals surface area contributed by atoms with Crippen LogP contribution in [0.1, 0.15) is 64.2 Å². The van der Waals surface area contributed by atoms with Crippen molar-refractivity contribution in [3.05, 3.63) is 12.7 Å². The van der Waals surface area contributed by atoms with Crippen molar-refractivity contribution in [2.45, 2.75) is 64.2 Å². The summed E-state index contributed by atoms with van der Waals surface area (Å²) >= 11 is 0. The summed E-state index contributed by atoms with van der Waals surface area (Å²) in [4.78, 5) is 21.1. The first-order chi connectivity index (χ1) is 9.16. The summed E-state index contributed by atoms with van der Waals surface area (Å²) in [6, 6.07) is 0. The Morgan fingerprint density at radius 2 is 1.37 bits per heavy atom. The van der Waals surface area contributed by atoms with E-state index in [9.17, 15) is 9.59 Å². The Kier molecular flexibility index (Phi) is 12.2. The van der Waals surface area contributed by atoms with Crippen molar-refractivity contribution < 1.29 is 14.7 Å². The van der Waals surface area contributed by atoms with Gasteiger partial charge in [0.05, 0.1) is 0 Å². The van der Waals surface area contributed by atoms with Gasteiger partial charge in [0, 0.05) is 13.0 Å². The molecule has 0 spiro atoms. The number of aliphatic carboxylic acids is 1. The van der Waals surface area contributed by atoms with E-state index in [4.69, 9.17) is 5.11 Å². The number of amides is 1. The zero-order valence-corrected chi connectivity index (χ0v) is 11.8. The van der Waals surface area contributed by atoms with E-state index in [1.54, 1.807) is 0 Å². The SMILES string of the molecule is C=CC(=O)NCCCCCCCCCCCC(=O)O. The number of carboxylic acids is 1. The molecule has 4 nitrogen and oxygen atoms in total. The third kappa shape index (κ3) is 14.6. The van der Waals surface area contributed by atoms with Crippen LogP contribution in [0.25, 0.3) is 0 Å². The summed E-state index contributed by atoms with van der Waals surface area (Å²) in [6.07, 6.45) is 11.6. The Hall–Kier alpha value is -1.32. The number of nitrogens with one attached hydrogen (secondary N) is 1. The first-order valence-corrected chi connectivity index (χ1v) is 7.29. The maximum Gasteiger partial charge on any atom is 0.303 e. The molecular formula is C15H27NO3. The molecule has 0 aliphatic rings. The third-order valence-corrected chi connectivity index (χ3v) is 3.05. The predicted molar refractivity (Wildman–Crippen MR) is 77.0 cm³/mol. The van der Waals surface area contributed by atoms with Crippen LogP contribution in [0.5, 0.6) is 0 Å². The third-order valence-electron chi connectivity index (χ3n) is 3.05. The summed E-state index contributed by atoms with van der Waals surface area (Å²) in [5, 5.41) is 11.2. The highest BCUT2D eigenvalue weighted by molar-refractivity contribution is 5.86. The van der Waals surface area contributed by atoms with E-state index in [-0.39, 0.29) is 5.91 Å².